The van der Waals surface area contributed by atoms with E-state index in [0.717, 1.165) is 21.1 Å². The van der Waals surface area contributed by atoms with Crippen LogP contribution in [0.25, 0.3) is 0 Å². The molecule has 0 radical (unpaired) electrons. The van der Waals surface area contributed by atoms with Crippen molar-refractivity contribution in [2.45, 2.75) is 23.6 Å². The van der Waals surface area contributed by atoms with Crippen molar-refractivity contribution in [1.29, 1.82) is 0 Å². The number of aldehydes is 1. The lowest BCUT2D eigenvalue weighted by molar-refractivity contribution is 0.112. The Morgan fingerprint density at radius 3 is 2.71 bits per heavy atom. The van der Waals surface area contributed by atoms with Crippen LogP contribution in [0.1, 0.15) is 20.8 Å². The van der Waals surface area contributed by atoms with E-state index in [4.69, 9.17) is 5.73 Å². The predicted molar refractivity (Wildman–Crippen MR) is 74.2 cm³/mol. The molecule has 0 atom stereocenters. The third kappa shape index (κ3) is 2.53. The Hall–Kier alpha value is -1.26. The van der Waals surface area contributed by atoms with Crippen LogP contribution in [0.15, 0.2) is 34.1 Å². The lowest BCUT2D eigenvalue weighted by Crippen LogP contribution is -1.84. The van der Waals surface area contributed by atoms with Crippen molar-refractivity contribution in [2.75, 3.05) is 5.73 Å². The molecule has 2 rings (SSSR count). The van der Waals surface area contributed by atoms with Crippen LogP contribution in [0, 0.1) is 13.8 Å². The first-order valence-electron chi connectivity index (χ1n) is 5.20. The molecule has 17 heavy (non-hydrogen) atoms. The highest BCUT2D eigenvalue weighted by molar-refractivity contribution is 7.99. The topological polar surface area (TPSA) is 43.1 Å². The number of aryl methyl sites for hydroxylation is 1. The number of hydrogen-bond acceptors (Lipinski definition) is 4. The molecule has 0 aliphatic rings. The van der Waals surface area contributed by atoms with E-state index in [1.165, 1.54) is 10.4 Å². The second-order valence-electron chi connectivity index (χ2n) is 3.77. The van der Waals surface area contributed by atoms with Gasteiger partial charge >= 0.3 is 0 Å². The lowest BCUT2D eigenvalue weighted by Gasteiger charge is -2.03. The van der Waals surface area contributed by atoms with Gasteiger partial charge in [0.05, 0.1) is 0 Å². The van der Waals surface area contributed by atoms with Crippen LogP contribution in [0.3, 0.4) is 0 Å². The molecule has 0 bridgehead atoms. The number of thiophene rings is 1. The average molecular weight is 263 g/mol. The molecule has 0 amide bonds. The number of anilines is 1. The first kappa shape index (κ1) is 12.2. The van der Waals surface area contributed by atoms with Crippen LogP contribution in [0.4, 0.5) is 5.00 Å². The minimum absolute atomic E-state index is 0.693. The minimum Gasteiger partial charge on any atom is -0.390 e. The van der Waals surface area contributed by atoms with Crippen molar-refractivity contribution in [3.8, 4) is 0 Å². The van der Waals surface area contributed by atoms with Crippen molar-refractivity contribution in [3.05, 3.63) is 40.3 Å². The van der Waals surface area contributed by atoms with Crippen LogP contribution in [-0.2, 0) is 0 Å². The lowest BCUT2D eigenvalue weighted by atomic mass is 10.2. The normalized spacial score (nSPS) is 10.5. The quantitative estimate of drug-likeness (QED) is 0.854. The number of benzene rings is 1. The summed E-state index contributed by atoms with van der Waals surface area (Å²) < 4.78 is 0. The van der Waals surface area contributed by atoms with Crippen molar-refractivity contribution >= 4 is 34.4 Å². The fraction of sp³-hybridized carbons (Fsp3) is 0.154. The zero-order valence-electron chi connectivity index (χ0n) is 9.69. The third-order valence-electron chi connectivity index (χ3n) is 2.57. The molecule has 0 spiro atoms. The maximum absolute atomic E-state index is 10.7. The van der Waals surface area contributed by atoms with Crippen LogP contribution in [-0.4, -0.2) is 6.29 Å². The summed E-state index contributed by atoms with van der Waals surface area (Å²) >= 11 is 3.23. The van der Waals surface area contributed by atoms with Gasteiger partial charge in [-0.15, -0.1) is 11.3 Å². The fourth-order valence-electron chi connectivity index (χ4n) is 1.53. The summed E-state index contributed by atoms with van der Waals surface area (Å²) in [5, 5.41) is 0.849. The molecule has 2 aromatic rings. The molecule has 4 heteroatoms. The summed E-state index contributed by atoms with van der Waals surface area (Å²) in [6.45, 7) is 4.15. The summed E-state index contributed by atoms with van der Waals surface area (Å²) in [7, 11) is 0. The van der Waals surface area contributed by atoms with Crippen molar-refractivity contribution in [3.63, 3.8) is 0 Å². The van der Waals surface area contributed by atoms with E-state index in [2.05, 4.69) is 13.8 Å². The molecular formula is C13H13NOS2. The summed E-state index contributed by atoms with van der Waals surface area (Å²) in [6, 6.07) is 7.55. The zero-order valence-corrected chi connectivity index (χ0v) is 11.3. The number of carbonyl (C=O) groups excluding carboxylic acids is 1. The first-order valence-corrected chi connectivity index (χ1v) is 6.83. The van der Waals surface area contributed by atoms with Gasteiger partial charge in [0.1, 0.15) is 11.3 Å². The van der Waals surface area contributed by atoms with Crippen molar-refractivity contribution in [2.24, 2.45) is 0 Å². The predicted octanol–water partition coefficient (Wildman–Crippen LogP) is 3.91. The molecule has 0 aliphatic carbocycles. The smallest absolute Gasteiger partial charge is 0.150 e. The highest BCUT2D eigenvalue weighted by Gasteiger charge is 2.11. The monoisotopic (exact) mass is 263 g/mol. The van der Waals surface area contributed by atoms with Gasteiger partial charge in [0.2, 0.25) is 0 Å². The molecule has 1 aromatic heterocycles. The summed E-state index contributed by atoms with van der Waals surface area (Å²) in [4.78, 5) is 14.1. The van der Waals surface area contributed by atoms with E-state index in [1.54, 1.807) is 29.2 Å². The number of rotatable bonds is 3. The third-order valence-corrected chi connectivity index (χ3v) is 4.96. The van der Waals surface area contributed by atoms with Gasteiger partial charge in [-0.1, -0.05) is 23.9 Å². The minimum atomic E-state index is 0.693. The Morgan fingerprint density at radius 2 is 2.12 bits per heavy atom. The van der Waals surface area contributed by atoms with Gasteiger partial charge in [-0.3, -0.25) is 4.79 Å². The summed E-state index contributed by atoms with van der Waals surface area (Å²) in [5.74, 6) is 0. The number of nitrogens with two attached hydrogens (primary N) is 1. The second kappa shape index (κ2) is 4.94. The number of nitrogen functional groups attached to an aromatic ring is 1. The summed E-state index contributed by atoms with van der Waals surface area (Å²) in [5.41, 5.74) is 7.91. The molecule has 0 fully saturated rings. The van der Waals surface area contributed by atoms with E-state index >= 15 is 0 Å². The fourth-order valence-corrected chi connectivity index (χ4v) is 3.66. The van der Waals surface area contributed by atoms with E-state index in [-0.39, 0.29) is 0 Å². The van der Waals surface area contributed by atoms with Crippen molar-refractivity contribution < 1.29 is 4.79 Å². The molecule has 2 nitrogen and oxygen atoms in total. The molecule has 0 aliphatic heterocycles. The molecule has 1 heterocycles. The second-order valence-corrected chi connectivity index (χ2v) is 6.11. The maximum Gasteiger partial charge on any atom is 0.150 e. The SMILES string of the molecule is Cc1sc(N)c(Sc2cccc(C=O)c2)c1C. The van der Waals surface area contributed by atoms with Crippen molar-refractivity contribution in [1.82, 2.24) is 0 Å². The van der Waals surface area contributed by atoms with Crippen LogP contribution < -0.4 is 5.73 Å². The van der Waals surface area contributed by atoms with Gasteiger partial charge in [-0.05, 0) is 31.5 Å². The Morgan fingerprint density at radius 1 is 1.35 bits per heavy atom. The molecule has 1 aromatic carbocycles. The largest absolute Gasteiger partial charge is 0.390 e. The molecule has 2 N–H and O–H groups in total. The highest BCUT2D eigenvalue weighted by atomic mass is 32.2. The van der Waals surface area contributed by atoms with Crippen LogP contribution in [0.5, 0.6) is 0 Å². The Kier molecular flexibility index (Phi) is 3.54. The average Bonchev–Trinajstić information content (AvgIpc) is 2.56. The van der Waals surface area contributed by atoms with E-state index in [1.807, 2.05) is 18.2 Å². The van der Waals surface area contributed by atoms with Gasteiger partial charge in [0.25, 0.3) is 0 Å². The molecule has 88 valence electrons. The van der Waals surface area contributed by atoms with E-state index in [0.29, 0.717) is 5.56 Å². The molecule has 0 unspecified atom stereocenters. The Bertz CT molecular complexity index is 561. The molecule has 0 saturated carbocycles. The first-order chi connectivity index (χ1) is 8.11. The van der Waals surface area contributed by atoms with Crippen LogP contribution >= 0.6 is 23.1 Å². The van der Waals surface area contributed by atoms with Gasteiger partial charge in [-0.2, -0.15) is 0 Å². The standard InChI is InChI=1S/C13H13NOS2/c1-8-9(2)16-13(14)12(8)17-11-5-3-4-10(6-11)7-15/h3-7H,14H2,1-2H3. The number of carbonyl (C=O) groups is 1. The number of hydrogen-bond donors (Lipinski definition) is 1. The maximum atomic E-state index is 10.7. The van der Waals surface area contributed by atoms with Gasteiger partial charge < -0.3 is 5.73 Å². The van der Waals surface area contributed by atoms with Gasteiger partial charge in [-0.25, -0.2) is 0 Å². The Balaban J connectivity index is 2.34. The molecular weight excluding hydrogens is 250 g/mol. The highest BCUT2D eigenvalue weighted by Crippen LogP contribution is 2.41. The van der Waals surface area contributed by atoms with Gasteiger partial charge in [0.15, 0.2) is 0 Å². The van der Waals surface area contributed by atoms with Crippen LogP contribution in [0.2, 0.25) is 0 Å². The van der Waals surface area contributed by atoms with Gasteiger partial charge in [0, 0.05) is 20.2 Å². The van der Waals surface area contributed by atoms with E-state index in [9.17, 15) is 4.79 Å². The Labute approximate surface area is 109 Å². The zero-order chi connectivity index (χ0) is 12.4. The molecule has 0 saturated heterocycles. The summed E-state index contributed by atoms with van der Waals surface area (Å²) in [6.07, 6.45) is 0.860. The van der Waals surface area contributed by atoms with E-state index < -0.39 is 0 Å².